The summed E-state index contributed by atoms with van der Waals surface area (Å²) in [6.45, 7) is 3.38. The Balaban J connectivity index is 2.09. The second kappa shape index (κ2) is 7.55. The summed E-state index contributed by atoms with van der Waals surface area (Å²) in [6.07, 6.45) is -4.51. The third kappa shape index (κ3) is 5.43. The third-order valence-electron chi connectivity index (χ3n) is 3.72. The van der Waals surface area contributed by atoms with Crippen molar-refractivity contribution in [3.63, 3.8) is 0 Å². The van der Waals surface area contributed by atoms with Gasteiger partial charge in [0.05, 0.1) is 4.90 Å². The van der Waals surface area contributed by atoms with E-state index in [-0.39, 0.29) is 30.4 Å². The van der Waals surface area contributed by atoms with Crippen molar-refractivity contribution in [1.29, 1.82) is 0 Å². The Bertz CT molecular complexity index is 869. The normalized spacial score (nSPS) is 19.4. The van der Waals surface area contributed by atoms with Crippen LogP contribution in [0.1, 0.15) is 6.42 Å². The molecule has 0 spiro atoms. The molecule has 0 radical (unpaired) electrons. The molecule has 1 aromatic rings. The molecule has 0 aliphatic carbocycles. The van der Waals surface area contributed by atoms with Crippen LogP contribution in [-0.4, -0.2) is 47.1 Å². The molecule has 1 aromatic carbocycles. The molecule has 1 aliphatic heterocycles. The molecule has 1 N–H and O–H groups in total. The Hall–Kier alpha value is -1.63. The van der Waals surface area contributed by atoms with Crippen LogP contribution >= 0.6 is 0 Å². The van der Waals surface area contributed by atoms with Gasteiger partial charge in [0.15, 0.2) is 0 Å². The van der Waals surface area contributed by atoms with Gasteiger partial charge in [-0.25, -0.2) is 21.6 Å². The molecule has 12 heteroatoms. The first kappa shape index (κ1) is 20.7. The molecule has 0 bridgehead atoms. The number of ether oxygens (including phenoxy) is 1. The van der Waals surface area contributed by atoms with Crippen molar-refractivity contribution >= 4 is 20.0 Å². The van der Waals surface area contributed by atoms with Crippen LogP contribution in [0.2, 0.25) is 0 Å². The fourth-order valence-corrected chi connectivity index (χ4v) is 4.61. The minimum Gasteiger partial charge on any atom is -0.406 e. The van der Waals surface area contributed by atoms with Crippen LogP contribution in [-0.2, 0) is 20.0 Å². The topological polar surface area (TPSA) is 92.8 Å². The number of hydrogen-bond acceptors (Lipinski definition) is 5. The van der Waals surface area contributed by atoms with Crippen molar-refractivity contribution < 1.29 is 34.7 Å². The van der Waals surface area contributed by atoms with Crippen molar-refractivity contribution in [2.45, 2.75) is 17.7 Å². The fourth-order valence-electron chi connectivity index (χ4n) is 2.46. The molecule has 1 fully saturated rings. The number of nitrogens with one attached hydrogen (secondary N) is 1. The summed E-state index contributed by atoms with van der Waals surface area (Å²) >= 11 is 0. The van der Waals surface area contributed by atoms with Gasteiger partial charge in [0.1, 0.15) is 5.75 Å². The molecule has 0 unspecified atom stereocenters. The maximum Gasteiger partial charge on any atom is 0.573 e. The lowest BCUT2D eigenvalue weighted by Gasteiger charge is -2.17. The van der Waals surface area contributed by atoms with Crippen LogP contribution in [0.3, 0.4) is 0 Å². The number of rotatable bonds is 7. The van der Waals surface area contributed by atoms with Crippen LogP contribution in [0.4, 0.5) is 13.2 Å². The average molecular weight is 414 g/mol. The molecule has 1 aliphatic rings. The highest BCUT2D eigenvalue weighted by Crippen LogP contribution is 2.28. The van der Waals surface area contributed by atoms with Crippen LogP contribution in [0, 0.1) is 5.92 Å². The standard InChI is InChI=1S/C14H17F3N2O5S2/c1-2-25(20,21)18-9-11-6-7-19(10-11)26(22,23)13-5-3-4-12(8-13)24-14(15,16)17/h2-5,8,11,18H,1,6-7,9-10H2/t11-/m1/s1. The summed E-state index contributed by atoms with van der Waals surface area (Å²) in [7, 11) is -7.63. The molecule has 0 amide bonds. The first-order valence-electron chi connectivity index (χ1n) is 7.41. The number of halogens is 3. The highest BCUT2D eigenvalue weighted by atomic mass is 32.2. The van der Waals surface area contributed by atoms with Crippen molar-refractivity contribution in [3.8, 4) is 5.75 Å². The quantitative estimate of drug-likeness (QED) is 0.733. The molecule has 146 valence electrons. The van der Waals surface area contributed by atoms with Gasteiger partial charge in [-0.15, -0.1) is 13.2 Å². The van der Waals surface area contributed by atoms with Crippen molar-refractivity contribution in [1.82, 2.24) is 9.03 Å². The van der Waals surface area contributed by atoms with E-state index < -0.39 is 32.2 Å². The van der Waals surface area contributed by atoms with E-state index in [1.165, 1.54) is 6.07 Å². The van der Waals surface area contributed by atoms with Gasteiger partial charge in [-0.3, -0.25) is 0 Å². The molecule has 26 heavy (non-hydrogen) atoms. The van der Waals surface area contributed by atoms with E-state index in [0.29, 0.717) is 6.42 Å². The van der Waals surface area contributed by atoms with E-state index in [1.54, 1.807) is 0 Å². The lowest BCUT2D eigenvalue weighted by molar-refractivity contribution is -0.274. The molecule has 1 saturated heterocycles. The van der Waals surface area contributed by atoms with Gasteiger partial charge in [0, 0.05) is 31.1 Å². The van der Waals surface area contributed by atoms with Crippen LogP contribution in [0.15, 0.2) is 41.1 Å². The molecule has 2 rings (SSSR count). The van der Waals surface area contributed by atoms with Crippen molar-refractivity contribution in [2.75, 3.05) is 19.6 Å². The SMILES string of the molecule is C=CS(=O)(=O)NC[C@H]1CCN(S(=O)(=O)c2cccc(OC(F)(F)F)c2)C1. The van der Waals surface area contributed by atoms with Gasteiger partial charge in [-0.2, -0.15) is 4.31 Å². The predicted octanol–water partition coefficient (Wildman–Crippen LogP) is 1.66. The highest BCUT2D eigenvalue weighted by Gasteiger charge is 2.34. The number of alkyl halides is 3. The van der Waals surface area contributed by atoms with E-state index in [1.807, 2.05) is 0 Å². The van der Waals surface area contributed by atoms with Crippen LogP contribution in [0.5, 0.6) is 5.75 Å². The second-order valence-electron chi connectivity index (χ2n) is 5.60. The van der Waals surface area contributed by atoms with Gasteiger partial charge in [-0.05, 0) is 24.5 Å². The molecule has 1 atom stereocenters. The Morgan fingerprint density at radius 3 is 2.62 bits per heavy atom. The number of sulfonamides is 2. The van der Waals surface area contributed by atoms with E-state index >= 15 is 0 Å². The summed E-state index contributed by atoms with van der Waals surface area (Å²) in [5.74, 6) is -0.887. The molecule has 7 nitrogen and oxygen atoms in total. The number of nitrogens with zero attached hydrogens (tertiary/aromatic N) is 1. The minimum absolute atomic E-state index is 0.0393. The summed E-state index contributed by atoms with van der Waals surface area (Å²) in [5, 5.41) is 0.753. The first-order chi connectivity index (χ1) is 11.9. The highest BCUT2D eigenvalue weighted by molar-refractivity contribution is 7.92. The summed E-state index contributed by atoms with van der Waals surface area (Å²) in [5.41, 5.74) is 0. The lowest BCUT2D eigenvalue weighted by atomic mass is 10.1. The van der Waals surface area contributed by atoms with Gasteiger partial charge < -0.3 is 4.74 Å². The largest absolute Gasteiger partial charge is 0.573 e. The zero-order chi connectivity index (χ0) is 19.6. The predicted molar refractivity (Wildman–Crippen MR) is 87.1 cm³/mol. The summed E-state index contributed by atoms with van der Waals surface area (Å²) in [6, 6.07) is 4.13. The summed E-state index contributed by atoms with van der Waals surface area (Å²) in [4.78, 5) is -0.327. The molecule has 0 saturated carbocycles. The smallest absolute Gasteiger partial charge is 0.406 e. The fraction of sp³-hybridized carbons (Fsp3) is 0.429. The van der Waals surface area contributed by atoms with Crippen LogP contribution < -0.4 is 9.46 Å². The minimum atomic E-state index is -4.93. The van der Waals surface area contributed by atoms with Crippen molar-refractivity contribution in [3.05, 3.63) is 36.3 Å². The van der Waals surface area contributed by atoms with Gasteiger partial charge in [-0.1, -0.05) is 12.6 Å². The van der Waals surface area contributed by atoms with Crippen LogP contribution in [0.25, 0.3) is 0 Å². The van der Waals surface area contributed by atoms with E-state index in [4.69, 9.17) is 0 Å². The molecular formula is C14H17F3N2O5S2. The zero-order valence-electron chi connectivity index (χ0n) is 13.4. The van der Waals surface area contributed by atoms with Gasteiger partial charge >= 0.3 is 6.36 Å². The van der Waals surface area contributed by atoms with E-state index in [0.717, 1.165) is 27.9 Å². The van der Waals surface area contributed by atoms with Gasteiger partial charge in [0.2, 0.25) is 20.0 Å². The maximum atomic E-state index is 12.6. The Kier molecular flexibility index (Phi) is 6.00. The van der Waals surface area contributed by atoms with E-state index in [2.05, 4.69) is 16.0 Å². The van der Waals surface area contributed by atoms with Gasteiger partial charge in [0.25, 0.3) is 0 Å². The van der Waals surface area contributed by atoms with Crippen molar-refractivity contribution in [2.24, 2.45) is 5.92 Å². The Labute approximate surface area is 149 Å². The Morgan fingerprint density at radius 1 is 1.31 bits per heavy atom. The molecule has 1 heterocycles. The molecule has 0 aromatic heterocycles. The molecular weight excluding hydrogens is 397 g/mol. The third-order valence-corrected chi connectivity index (χ3v) is 6.59. The second-order valence-corrected chi connectivity index (χ2v) is 9.25. The Morgan fingerprint density at radius 2 is 2.00 bits per heavy atom. The number of benzene rings is 1. The first-order valence-corrected chi connectivity index (χ1v) is 10.4. The maximum absolute atomic E-state index is 12.6. The average Bonchev–Trinajstić information content (AvgIpc) is 3.01. The zero-order valence-corrected chi connectivity index (χ0v) is 15.1. The monoisotopic (exact) mass is 414 g/mol. The van der Waals surface area contributed by atoms with E-state index in [9.17, 15) is 30.0 Å². The lowest BCUT2D eigenvalue weighted by Crippen LogP contribution is -2.32. The summed E-state index contributed by atoms with van der Waals surface area (Å²) < 4.78 is 91.9. The number of hydrogen-bond donors (Lipinski definition) is 1.